The lowest BCUT2D eigenvalue weighted by atomic mass is 10.0. The van der Waals surface area contributed by atoms with Gasteiger partial charge < -0.3 is 75.7 Å². The van der Waals surface area contributed by atoms with Crippen molar-refractivity contribution in [1.29, 1.82) is 0 Å². The predicted octanol–water partition coefficient (Wildman–Crippen LogP) is -6.22. The fourth-order valence-electron chi connectivity index (χ4n) is 5.30. The van der Waals surface area contributed by atoms with Gasteiger partial charge in [-0.1, -0.05) is 38.7 Å². The lowest BCUT2D eigenvalue weighted by molar-refractivity contribution is -0.156. The van der Waals surface area contributed by atoms with Gasteiger partial charge in [-0.15, -0.1) is 0 Å². The first-order valence-corrected chi connectivity index (χ1v) is 19.2. The average Bonchev–Trinajstić information content (AvgIpc) is 3.17. The minimum Gasteiger partial charge on any atom is -0.394 e. The molecule has 0 rings (SSSR count). The summed E-state index contributed by atoms with van der Waals surface area (Å²) in [5, 5.41) is 51.6. The van der Waals surface area contributed by atoms with E-state index in [1.54, 1.807) is 6.08 Å². The highest BCUT2D eigenvalue weighted by Crippen LogP contribution is 2.13. The van der Waals surface area contributed by atoms with Crippen molar-refractivity contribution < 1.29 is 63.6 Å². The number of urea groups is 1. The number of hydrogen-bond acceptors (Lipinski definition) is 15. The Kier molecular flexibility index (Phi) is 26.4. The molecule has 0 aromatic carbocycles. The number of carbonyl (C=O) groups excluding carboxylic acids is 9. The van der Waals surface area contributed by atoms with E-state index in [4.69, 9.17) is 28.7 Å². The van der Waals surface area contributed by atoms with Gasteiger partial charge in [-0.05, 0) is 45.1 Å². The van der Waals surface area contributed by atoms with E-state index in [1.807, 2.05) is 5.32 Å². The second-order valence-electron chi connectivity index (χ2n) is 13.7. The summed E-state index contributed by atoms with van der Waals surface area (Å²) in [6, 6.07) is -11.4. The summed E-state index contributed by atoms with van der Waals surface area (Å²) in [5.74, 6) is -9.67. The van der Waals surface area contributed by atoms with Crippen LogP contribution in [0.4, 0.5) is 4.79 Å². The molecular weight excluding hydrogens is 782 g/mol. The normalized spacial score (nSPS) is 15.3. The number of imide groups is 1. The van der Waals surface area contributed by atoms with Crippen molar-refractivity contribution in [2.24, 2.45) is 28.7 Å². The maximum absolute atomic E-state index is 14.0. The third-order valence-electron chi connectivity index (χ3n) is 8.71. The quantitative estimate of drug-likeness (QED) is 0.0236. The Labute approximate surface area is 341 Å². The number of carbonyl (C=O) groups is 9. The standard InChI is InChI=1S/C35H63N11O13/c1-3-4-5-6-7-8-9-12-25(51)43-22(11-10-14-42-35(40)59)30(54)44-23(18-48)31(55)45-27(28(52)29(39)53)34(58)46(20(17-47)16-24(37)50)33(57)21(36)13-15-41-32(56)26(38)19(2)49/h9,12,19-23,26-28,47-49,52H,3-8,10-11,13-18,36,38H2,1-2H3,(H2,37,50)(H2,39,53)(H,41,56)(H,43,51)(H,44,54)(H,45,55)(H3,40,42,59)/b12-9-/t19-,20-,21?,22+,23-,26-,27-,28-/m0/s1. The van der Waals surface area contributed by atoms with Crippen molar-refractivity contribution in [3.63, 3.8) is 0 Å². The second kappa shape index (κ2) is 29.0. The van der Waals surface area contributed by atoms with E-state index >= 15 is 0 Å². The summed E-state index contributed by atoms with van der Waals surface area (Å²) >= 11 is 0. The summed E-state index contributed by atoms with van der Waals surface area (Å²) < 4.78 is 0. The van der Waals surface area contributed by atoms with Crippen LogP contribution in [0.2, 0.25) is 0 Å². The van der Waals surface area contributed by atoms with Crippen molar-refractivity contribution in [2.45, 2.75) is 127 Å². The van der Waals surface area contributed by atoms with Crippen molar-refractivity contribution in [3.05, 3.63) is 12.2 Å². The van der Waals surface area contributed by atoms with Crippen LogP contribution in [0, 0.1) is 0 Å². The van der Waals surface area contributed by atoms with E-state index in [1.165, 1.54) is 13.0 Å². The number of nitrogens with one attached hydrogen (secondary N) is 5. The predicted molar refractivity (Wildman–Crippen MR) is 209 cm³/mol. The van der Waals surface area contributed by atoms with Gasteiger partial charge in [0.2, 0.25) is 41.4 Å². The number of amides is 10. The third-order valence-corrected chi connectivity index (χ3v) is 8.71. The maximum atomic E-state index is 14.0. The van der Waals surface area contributed by atoms with Gasteiger partial charge in [0.1, 0.15) is 24.2 Å². The minimum atomic E-state index is -2.61. The summed E-state index contributed by atoms with van der Waals surface area (Å²) in [5.41, 5.74) is 27.1. The second-order valence-corrected chi connectivity index (χ2v) is 13.7. The SMILES string of the molecule is CCCCCCC/C=C\C(=O)N[C@H](CCCNC(N)=O)C(=O)N[C@@H](CO)C(=O)N[C@H](C(=O)N(C(=O)C(N)CCNC(=O)[C@@H](N)[C@H](C)O)[C@H](CO)CC(N)=O)[C@H](O)C(N)=O. The first-order chi connectivity index (χ1) is 27.7. The Bertz CT molecular complexity index is 1450. The van der Waals surface area contributed by atoms with Gasteiger partial charge in [0.15, 0.2) is 6.10 Å². The topological polar surface area (TPSA) is 428 Å². The van der Waals surface area contributed by atoms with E-state index in [0.29, 0.717) is 6.42 Å². The van der Waals surface area contributed by atoms with E-state index in [9.17, 15) is 63.6 Å². The first-order valence-electron chi connectivity index (χ1n) is 19.2. The van der Waals surface area contributed by atoms with Crippen LogP contribution < -0.4 is 55.3 Å². The van der Waals surface area contributed by atoms with Crippen LogP contribution >= 0.6 is 0 Å². The molecular formula is C35H63N11O13. The van der Waals surface area contributed by atoms with Crippen LogP contribution in [0.5, 0.6) is 0 Å². The minimum absolute atomic E-state index is 0.00342. The number of aliphatic hydroxyl groups is 4. The summed E-state index contributed by atoms with van der Waals surface area (Å²) in [6.07, 6.45) is 3.29. The molecule has 0 heterocycles. The van der Waals surface area contributed by atoms with Crippen molar-refractivity contribution in [3.8, 4) is 0 Å². The van der Waals surface area contributed by atoms with Gasteiger partial charge in [0.05, 0.1) is 31.4 Å². The molecule has 10 amide bonds. The van der Waals surface area contributed by atoms with Gasteiger partial charge in [0.25, 0.3) is 5.91 Å². The number of unbranched alkanes of at least 4 members (excludes halogenated alkanes) is 5. The molecule has 24 heteroatoms. The zero-order valence-electron chi connectivity index (χ0n) is 33.5. The molecule has 0 saturated heterocycles. The lowest BCUT2D eigenvalue weighted by Crippen LogP contribution is -2.65. The molecule has 19 N–H and O–H groups in total. The summed E-state index contributed by atoms with van der Waals surface area (Å²) in [6.45, 7) is 0.713. The van der Waals surface area contributed by atoms with Crippen molar-refractivity contribution >= 4 is 53.3 Å². The van der Waals surface area contributed by atoms with Crippen LogP contribution in [0.3, 0.4) is 0 Å². The first kappa shape index (κ1) is 53.7. The molecule has 8 atom stereocenters. The van der Waals surface area contributed by atoms with Crippen LogP contribution in [0.1, 0.15) is 78.1 Å². The molecule has 0 aliphatic carbocycles. The molecule has 0 aromatic heterocycles. The van der Waals surface area contributed by atoms with Crippen LogP contribution in [-0.4, -0.2) is 153 Å². The molecule has 59 heavy (non-hydrogen) atoms. The van der Waals surface area contributed by atoms with Crippen LogP contribution in [-0.2, 0) is 38.4 Å². The van der Waals surface area contributed by atoms with Gasteiger partial charge in [-0.25, -0.2) is 4.79 Å². The average molecular weight is 846 g/mol. The number of nitrogens with zero attached hydrogens (tertiary/aromatic N) is 1. The fourth-order valence-corrected chi connectivity index (χ4v) is 5.30. The Hall–Kier alpha value is -5.27. The number of hydrogen-bond donors (Lipinski definition) is 14. The van der Waals surface area contributed by atoms with Crippen molar-refractivity contribution in [1.82, 2.24) is 31.5 Å². The zero-order chi connectivity index (χ0) is 45.2. The molecule has 0 saturated carbocycles. The molecule has 0 radical (unpaired) electrons. The zero-order valence-corrected chi connectivity index (χ0v) is 33.5. The molecule has 0 spiro atoms. The molecule has 0 fully saturated rings. The van der Waals surface area contributed by atoms with Gasteiger partial charge in [0, 0.05) is 19.5 Å². The smallest absolute Gasteiger partial charge is 0.312 e. The third kappa shape index (κ3) is 20.8. The number of aliphatic hydroxyl groups excluding tert-OH is 4. The highest BCUT2D eigenvalue weighted by molar-refractivity contribution is 6.05. The van der Waals surface area contributed by atoms with Crippen LogP contribution in [0.25, 0.3) is 0 Å². The van der Waals surface area contributed by atoms with Gasteiger partial charge >= 0.3 is 6.03 Å². The Morgan fingerprint density at radius 2 is 1.34 bits per heavy atom. The molecule has 1 unspecified atom stereocenters. The number of rotatable bonds is 30. The van der Waals surface area contributed by atoms with E-state index in [0.717, 1.165) is 32.1 Å². The van der Waals surface area contributed by atoms with Crippen LogP contribution in [0.15, 0.2) is 12.2 Å². The Morgan fingerprint density at radius 1 is 0.712 bits per heavy atom. The monoisotopic (exact) mass is 845 g/mol. The largest absolute Gasteiger partial charge is 0.394 e. The van der Waals surface area contributed by atoms with E-state index in [-0.39, 0.29) is 30.8 Å². The molecule has 0 aliphatic rings. The molecule has 0 aromatic rings. The maximum Gasteiger partial charge on any atom is 0.312 e. The molecule has 24 nitrogen and oxygen atoms in total. The molecule has 336 valence electrons. The fraction of sp³-hybridized carbons (Fsp3) is 0.686. The van der Waals surface area contributed by atoms with Gasteiger partial charge in [-0.2, -0.15) is 0 Å². The highest BCUT2D eigenvalue weighted by Gasteiger charge is 2.43. The van der Waals surface area contributed by atoms with Crippen molar-refractivity contribution in [2.75, 3.05) is 26.3 Å². The lowest BCUT2D eigenvalue weighted by Gasteiger charge is -2.34. The van der Waals surface area contributed by atoms with Gasteiger partial charge in [-0.3, -0.25) is 43.3 Å². The number of allylic oxidation sites excluding steroid dienone is 1. The molecule has 0 aliphatic heterocycles. The van der Waals surface area contributed by atoms with E-state index < -0.39 is 128 Å². The summed E-state index contributed by atoms with van der Waals surface area (Å²) in [4.78, 5) is 115. The summed E-state index contributed by atoms with van der Waals surface area (Å²) in [7, 11) is 0. The highest BCUT2D eigenvalue weighted by atomic mass is 16.3. The Balaban J connectivity index is 6.38. The Morgan fingerprint density at radius 3 is 1.88 bits per heavy atom. The molecule has 0 bridgehead atoms. The van der Waals surface area contributed by atoms with E-state index in [2.05, 4.69) is 28.2 Å². The number of nitrogens with two attached hydrogens (primary N) is 5. The number of primary amides is 3.